The van der Waals surface area contributed by atoms with Gasteiger partial charge in [-0.05, 0) is 39.8 Å². The van der Waals surface area contributed by atoms with E-state index in [4.69, 9.17) is 9.15 Å². The summed E-state index contributed by atoms with van der Waals surface area (Å²) >= 11 is 0. The SMILES string of the molecule is Cc1oc(C)c(C(=O)O[C@@H](C)c2nc3ccccc3c(=O)[nH]2)c1C. The van der Waals surface area contributed by atoms with Gasteiger partial charge in [-0.1, -0.05) is 12.1 Å². The zero-order valence-electron chi connectivity index (χ0n) is 14.0. The van der Waals surface area contributed by atoms with E-state index >= 15 is 0 Å². The summed E-state index contributed by atoms with van der Waals surface area (Å²) in [4.78, 5) is 31.6. The van der Waals surface area contributed by atoms with E-state index in [1.165, 1.54) is 0 Å². The highest BCUT2D eigenvalue weighted by Gasteiger charge is 2.23. The Morgan fingerprint density at radius 3 is 2.58 bits per heavy atom. The van der Waals surface area contributed by atoms with Crippen molar-refractivity contribution >= 4 is 16.9 Å². The number of carbonyl (C=O) groups is 1. The van der Waals surface area contributed by atoms with Gasteiger partial charge in [0.15, 0.2) is 11.9 Å². The Hall–Kier alpha value is -2.89. The fraction of sp³-hybridized carbons (Fsp3) is 0.278. The maximum atomic E-state index is 12.4. The third-order valence-electron chi connectivity index (χ3n) is 4.07. The molecular formula is C18H18N2O4. The van der Waals surface area contributed by atoms with Crippen molar-refractivity contribution in [2.45, 2.75) is 33.8 Å². The Morgan fingerprint density at radius 2 is 1.92 bits per heavy atom. The first-order valence-electron chi connectivity index (χ1n) is 7.65. The molecule has 0 aliphatic rings. The first-order valence-corrected chi connectivity index (χ1v) is 7.65. The van der Waals surface area contributed by atoms with Crippen molar-refractivity contribution < 1.29 is 13.9 Å². The van der Waals surface area contributed by atoms with Crippen LogP contribution in [0.5, 0.6) is 0 Å². The molecular weight excluding hydrogens is 308 g/mol. The lowest BCUT2D eigenvalue weighted by Crippen LogP contribution is -2.18. The number of furan rings is 1. The lowest BCUT2D eigenvalue weighted by Gasteiger charge is -2.13. The molecule has 1 aromatic carbocycles. The lowest BCUT2D eigenvalue weighted by atomic mass is 10.1. The summed E-state index contributed by atoms with van der Waals surface area (Å²) in [5.41, 5.74) is 1.47. The third kappa shape index (κ3) is 2.71. The van der Waals surface area contributed by atoms with E-state index in [2.05, 4.69) is 9.97 Å². The second-order valence-corrected chi connectivity index (χ2v) is 5.73. The predicted octanol–water partition coefficient (Wildman–Crippen LogP) is 3.36. The van der Waals surface area contributed by atoms with Crippen molar-refractivity contribution in [1.29, 1.82) is 0 Å². The van der Waals surface area contributed by atoms with E-state index in [1.807, 2.05) is 6.92 Å². The molecule has 0 saturated carbocycles. The second-order valence-electron chi connectivity index (χ2n) is 5.73. The smallest absolute Gasteiger partial charge is 0.342 e. The van der Waals surface area contributed by atoms with Crippen LogP contribution in [0, 0.1) is 20.8 Å². The van der Waals surface area contributed by atoms with Crippen LogP contribution in [0.1, 0.15) is 46.3 Å². The Balaban J connectivity index is 1.91. The summed E-state index contributed by atoms with van der Waals surface area (Å²) in [6.07, 6.45) is -0.691. The molecule has 0 unspecified atom stereocenters. The van der Waals surface area contributed by atoms with Crippen LogP contribution < -0.4 is 5.56 Å². The number of esters is 1. The highest BCUT2D eigenvalue weighted by Crippen LogP contribution is 2.24. The quantitative estimate of drug-likeness (QED) is 0.746. The van der Waals surface area contributed by atoms with Crippen LogP contribution in [0.4, 0.5) is 0 Å². The number of hydrogen-bond acceptors (Lipinski definition) is 5. The Kier molecular flexibility index (Phi) is 3.97. The minimum atomic E-state index is -0.691. The number of nitrogens with zero attached hydrogens (tertiary/aromatic N) is 1. The van der Waals surface area contributed by atoms with Crippen LogP contribution in [0.15, 0.2) is 33.5 Å². The Labute approximate surface area is 138 Å². The normalized spacial score (nSPS) is 12.3. The number of ether oxygens (including phenoxy) is 1. The third-order valence-corrected chi connectivity index (χ3v) is 4.07. The van der Waals surface area contributed by atoms with Gasteiger partial charge >= 0.3 is 5.97 Å². The van der Waals surface area contributed by atoms with Crippen LogP contribution in [-0.2, 0) is 4.74 Å². The Morgan fingerprint density at radius 1 is 1.21 bits per heavy atom. The van der Waals surface area contributed by atoms with Gasteiger partial charge in [-0.15, -0.1) is 0 Å². The fourth-order valence-corrected chi connectivity index (χ4v) is 2.67. The average Bonchev–Trinajstić information content (AvgIpc) is 2.79. The van der Waals surface area contributed by atoms with Gasteiger partial charge in [0, 0.05) is 5.56 Å². The van der Waals surface area contributed by atoms with E-state index in [-0.39, 0.29) is 5.56 Å². The van der Waals surface area contributed by atoms with E-state index in [0.29, 0.717) is 33.8 Å². The molecule has 2 aromatic heterocycles. The van der Waals surface area contributed by atoms with E-state index in [1.54, 1.807) is 45.0 Å². The van der Waals surface area contributed by atoms with E-state index in [9.17, 15) is 9.59 Å². The molecule has 2 heterocycles. The molecule has 6 heteroatoms. The number of carbonyl (C=O) groups excluding carboxylic acids is 1. The molecule has 0 spiro atoms. The summed E-state index contributed by atoms with van der Waals surface area (Å²) in [5.74, 6) is 1.01. The molecule has 3 aromatic rings. The van der Waals surface area contributed by atoms with Crippen LogP contribution in [0.2, 0.25) is 0 Å². The molecule has 124 valence electrons. The summed E-state index contributed by atoms with van der Waals surface area (Å²) in [7, 11) is 0. The van der Waals surface area contributed by atoms with Gasteiger partial charge in [0.05, 0.1) is 10.9 Å². The number of benzene rings is 1. The van der Waals surface area contributed by atoms with Gasteiger partial charge < -0.3 is 14.1 Å². The van der Waals surface area contributed by atoms with Crippen LogP contribution in [-0.4, -0.2) is 15.9 Å². The highest BCUT2D eigenvalue weighted by molar-refractivity contribution is 5.92. The predicted molar refractivity (Wildman–Crippen MR) is 89.1 cm³/mol. The van der Waals surface area contributed by atoms with Gasteiger partial charge in [-0.25, -0.2) is 9.78 Å². The van der Waals surface area contributed by atoms with Gasteiger partial charge in [0.2, 0.25) is 0 Å². The lowest BCUT2D eigenvalue weighted by molar-refractivity contribution is 0.0317. The minimum absolute atomic E-state index is 0.259. The summed E-state index contributed by atoms with van der Waals surface area (Å²) in [6.45, 7) is 6.99. The van der Waals surface area contributed by atoms with Crippen LogP contribution >= 0.6 is 0 Å². The molecule has 0 radical (unpaired) electrons. The van der Waals surface area contributed by atoms with Crippen LogP contribution in [0.25, 0.3) is 10.9 Å². The van der Waals surface area contributed by atoms with Gasteiger partial charge in [-0.2, -0.15) is 0 Å². The number of H-pyrrole nitrogens is 1. The number of rotatable bonds is 3. The molecule has 0 amide bonds. The molecule has 3 rings (SSSR count). The zero-order chi connectivity index (χ0) is 17.4. The maximum absolute atomic E-state index is 12.4. The highest BCUT2D eigenvalue weighted by atomic mass is 16.5. The van der Waals surface area contributed by atoms with Gasteiger partial charge in [0.1, 0.15) is 17.1 Å². The van der Waals surface area contributed by atoms with Crippen molar-refractivity contribution in [2.24, 2.45) is 0 Å². The monoisotopic (exact) mass is 326 g/mol. The zero-order valence-corrected chi connectivity index (χ0v) is 14.0. The molecule has 1 N–H and O–H groups in total. The van der Waals surface area contributed by atoms with E-state index in [0.717, 1.165) is 5.56 Å². The van der Waals surface area contributed by atoms with Crippen molar-refractivity contribution in [3.8, 4) is 0 Å². The Bertz CT molecular complexity index is 984. The first kappa shape index (κ1) is 16.0. The van der Waals surface area contributed by atoms with Gasteiger partial charge in [0.25, 0.3) is 5.56 Å². The summed E-state index contributed by atoms with van der Waals surface area (Å²) in [6, 6.07) is 7.02. The maximum Gasteiger partial charge on any atom is 0.342 e. The number of nitrogens with one attached hydrogen (secondary N) is 1. The molecule has 0 bridgehead atoms. The largest absolute Gasteiger partial charge is 0.465 e. The molecule has 0 saturated heterocycles. The van der Waals surface area contributed by atoms with Gasteiger partial charge in [-0.3, -0.25) is 4.79 Å². The molecule has 0 aliphatic heterocycles. The number of fused-ring (bicyclic) bond motifs is 1. The van der Waals surface area contributed by atoms with Crippen LogP contribution in [0.3, 0.4) is 0 Å². The first-order chi connectivity index (χ1) is 11.4. The molecule has 1 atom stereocenters. The second kappa shape index (κ2) is 5.96. The van der Waals surface area contributed by atoms with E-state index < -0.39 is 12.1 Å². The minimum Gasteiger partial charge on any atom is -0.465 e. The molecule has 0 aliphatic carbocycles. The molecule has 0 fully saturated rings. The number of aromatic nitrogens is 2. The van der Waals surface area contributed by atoms with Crippen molar-refractivity contribution in [3.05, 3.63) is 63.1 Å². The number of aryl methyl sites for hydroxylation is 2. The fourth-order valence-electron chi connectivity index (χ4n) is 2.67. The van der Waals surface area contributed by atoms with Crippen molar-refractivity contribution in [3.63, 3.8) is 0 Å². The molecule has 24 heavy (non-hydrogen) atoms. The standard InChI is InChI=1S/C18H18N2O4/c1-9-10(2)23-11(3)15(9)18(22)24-12(4)16-19-14-8-6-5-7-13(14)17(21)20-16/h5-8,12H,1-4H3,(H,19,20,21)/t12-/m0/s1. The van der Waals surface area contributed by atoms with Crippen molar-refractivity contribution in [2.75, 3.05) is 0 Å². The molecule has 6 nitrogen and oxygen atoms in total. The average molecular weight is 326 g/mol. The number of aromatic amines is 1. The van der Waals surface area contributed by atoms with Crippen molar-refractivity contribution in [1.82, 2.24) is 9.97 Å². The number of para-hydroxylation sites is 1. The number of hydrogen-bond donors (Lipinski definition) is 1. The summed E-state index contributed by atoms with van der Waals surface area (Å²) < 4.78 is 10.9. The summed E-state index contributed by atoms with van der Waals surface area (Å²) in [5, 5.41) is 0.497. The topological polar surface area (TPSA) is 85.2 Å².